The predicted octanol–water partition coefficient (Wildman–Crippen LogP) is 17.9. The van der Waals surface area contributed by atoms with Crippen molar-refractivity contribution in [1.29, 1.82) is 0 Å². The lowest BCUT2D eigenvalue weighted by molar-refractivity contribution is 0.332. The minimum absolute atomic E-state index is 0.0101. The Morgan fingerprint density at radius 1 is 0.459 bits per heavy atom. The molecule has 0 fully saturated rings. The molecule has 3 nitrogen and oxygen atoms in total. The molecule has 0 saturated heterocycles. The highest BCUT2D eigenvalue weighted by Crippen LogP contribution is 2.54. The molecule has 2 aliphatic heterocycles. The average Bonchev–Trinajstić information content (AvgIpc) is 3.76. The smallest absolute Gasteiger partial charge is 0.252 e. The van der Waals surface area contributed by atoms with E-state index in [1.54, 1.807) is 0 Å². The Labute approximate surface area is 445 Å². The highest BCUT2D eigenvalue weighted by Gasteiger charge is 2.47. The van der Waals surface area contributed by atoms with Crippen molar-refractivity contribution in [2.24, 2.45) is 0 Å². The second-order valence-electron chi connectivity index (χ2n) is 26.0. The van der Waals surface area contributed by atoms with Gasteiger partial charge in [0.15, 0.2) is 0 Å². The maximum Gasteiger partial charge on any atom is 0.252 e. The van der Waals surface area contributed by atoms with E-state index < -0.39 is 0 Å². The van der Waals surface area contributed by atoms with Crippen LogP contribution in [-0.4, -0.2) is 6.71 Å². The first kappa shape index (κ1) is 47.2. The number of thiophene rings is 1. The number of benzene rings is 8. The third kappa shape index (κ3) is 7.19. The van der Waals surface area contributed by atoms with E-state index in [1.165, 1.54) is 117 Å². The molecule has 370 valence electrons. The maximum absolute atomic E-state index is 2.70. The van der Waals surface area contributed by atoms with Crippen LogP contribution in [0.4, 0.5) is 51.2 Å². The maximum atomic E-state index is 2.70. The fraction of sp³-hybridized carbons (Fsp3) is 0.304. The average molecular weight is 984 g/mol. The first-order valence-corrected chi connectivity index (χ1v) is 28.1. The Morgan fingerprint density at radius 2 is 1.04 bits per heavy atom. The second kappa shape index (κ2) is 16.2. The molecule has 13 rings (SSSR count). The van der Waals surface area contributed by atoms with E-state index >= 15 is 0 Å². The highest BCUT2D eigenvalue weighted by molar-refractivity contribution is 7.26. The van der Waals surface area contributed by atoms with Crippen molar-refractivity contribution >= 4 is 106 Å². The summed E-state index contributed by atoms with van der Waals surface area (Å²) >= 11 is 1.95. The molecule has 5 heteroatoms. The quantitative estimate of drug-likeness (QED) is 0.159. The molecule has 0 bridgehead atoms. The molecule has 2 aliphatic carbocycles. The Morgan fingerprint density at radius 3 is 1.68 bits per heavy atom. The van der Waals surface area contributed by atoms with Crippen molar-refractivity contribution in [3.63, 3.8) is 0 Å². The van der Waals surface area contributed by atoms with Crippen molar-refractivity contribution in [3.05, 3.63) is 191 Å². The molecule has 9 aromatic rings. The van der Waals surface area contributed by atoms with Crippen LogP contribution in [0.15, 0.2) is 158 Å². The van der Waals surface area contributed by atoms with E-state index in [-0.39, 0.29) is 33.8 Å². The third-order valence-corrected chi connectivity index (χ3v) is 19.3. The lowest BCUT2D eigenvalue weighted by Gasteiger charge is -2.48. The van der Waals surface area contributed by atoms with Gasteiger partial charge in [-0.3, -0.25) is 0 Å². The molecule has 3 heterocycles. The van der Waals surface area contributed by atoms with Gasteiger partial charge in [-0.25, -0.2) is 0 Å². The number of nitrogens with zero attached hydrogens (tertiary/aromatic N) is 3. The van der Waals surface area contributed by atoms with Gasteiger partial charge in [0, 0.05) is 61.0 Å². The number of para-hydroxylation sites is 2. The molecule has 4 aliphatic rings. The molecular formula is C69H70BN3S. The number of hydrogen-bond donors (Lipinski definition) is 0. The zero-order valence-electron chi connectivity index (χ0n) is 45.7. The zero-order valence-corrected chi connectivity index (χ0v) is 46.5. The Balaban J connectivity index is 1.14. The minimum Gasteiger partial charge on any atom is -0.311 e. The van der Waals surface area contributed by atoms with Crippen LogP contribution >= 0.6 is 11.3 Å². The summed E-state index contributed by atoms with van der Waals surface area (Å²) in [5.41, 5.74) is 24.0. The fourth-order valence-electron chi connectivity index (χ4n) is 13.6. The topological polar surface area (TPSA) is 9.72 Å². The Hall–Kier alpha value is -6.56. The van der Waals surface area contributed by atoms with Crippen molar-refractivity contribution in [1.82, 2.24) is 0 Å². The number of aryl methyl sites for hydroxylation is 1. The van der Waals surface area contributed by atoms with Crippen molar-refractivity contribution in [3.8, 4) is 0 Å². The molecule has 1 aromatic heterocycles. The van der Waals surface area contributed by atoms with Crippen LogP contribution in [0.1, 0.15) is 135 Å². The number of rotatable bonds is 5. The monoisotopic (exact) mass is 984 g/mol. The van der Waals surface area contributed by atoms with Gasteiger partial charge in [0.1, 0.15) is 0 Å². The van der Waals surface area contributed by atoms with Gasteiger partial charge in [0.2, 0.25) is 0 Å². The van der Waals surface area contributed by atoms with Crippen LogP contribution < -0.4 is 31.1 Å². The summed E-state index contributed by atoms with van der Waals surface area (Å²) in [7, 11) is 0. The van der Waals surface area contributed by atoms with Crippen molar-refractivity contribution in [2.75, 3.05) is 14.7 Å². The summed E-state index contributed by atoms with van der Waals surface area (Å²) in [4.78, 5) is 7.80. The molecule has 0 unspecified atom stereocenters. The first-order valence-electron chi connectivity index (χ1n) is 27.3. The lowest BCUT2D eigenvalue weighted by atomic mass is 9.33. The molecule has 0 N–H and O–H groups in total. The van der Waals surface area contributed by atoms with Gasteiger partial charge >= 0.3 is 0 Å². The second-order valence-corrected chi connectivity index (χ2v) is 27.1. The molecule has 0 atom stereocenters. The number of fused-ring (bicyclic) bond motifs is 9. The van der Waals surface area contributed by atoms with Crippen LogP contribution in [-0.2, 0) is 27.1 Å². The van der Waals surface area contributed by atoms with Crippen LogP contribution in [0.2, 0.25) is 0 Å². The van der Waals surface area contributed by atoms with Crippen molar-refractivity contribution < 1.29 is 0 Å². The van der Waals surface area contributed by atoms with E-state index in [0.717, 1.165) is 29.9 Å². The van der Waals surface area contributed by atoms with E-state index in [2.05, 4.69) is 256 Å². The van der Waals surface area contributed by atoms with E-state index in [9.17, 15) is 0 Å². The van der Waals surface area contributed by atoms with Crippen LogP contribution in [0, 0.1) is 6.92 Å². The third-order valence-electron chi connectivity index (χ3n) is 18.1. The van der Waals surface area contributed by atoms with E-state index in [4.69, 9.17) is 0 Å². The number of anilines is 9. The fourth-order valence-corrected chi connectivity index (χ4v) is 14.8. The summed E-state index contributed by atoms with van der Waals surface area (Å²) in [5.74, 6) is 0. The van der Waals surface area contributed by atoms with Gasteiger partial charge in [-0.2, -0.15) is 0 Å². The van der Waals surface area contributed by atoms with Crippen molar-refractivity contribution in [2.45, 2.75) is 136 Å². The molecule has 0 saturated carbocycles. The summed E-state index contributed by atoms with van der Waals surface area (Å²) in [6.45, 7) is 29.1. The molecule has 0 radical (unpaired) electrons. The summed E-state index contributed by atoms with van der Waals surface area (Å²) < 4.78 is 2.65. The minimum atomic E-state index is -0.0101. The summed E-state index contributed by atoms with van der Waals surface area (Å²) in [6.07, 6.45) is 4.69. The van der Waals surface area contributed by atoms with Crippen LogP contribution in [0.3, 0.4) is 0 Å². The van der Waals surface area contributed by atoms with Gasteiger partial charge in [0.05, 0.1) is 10.4 Å². The first-order chi connectivity index (χ1) is 35.2. The molecule has 74 heavy (non-hydrogen) atoms. The Bertz CT molecular complexity index is 3720. The molecule has 0 amide bonds. The molecule has 8 aromatic carbocycles. The van der Waals surface area contributed by atoms with E-state index in [1.807, 2.05) is 11.3 Å². The Kier molecular flexibility index (Phi) is 10.3. The largest absolute Gasteiger partial charge is 0.311 e. The normalized spacial score (nSPS) is 17.6. The molecular weight excluding hydrogens is 914 g/mol. The van der Waals surface area contributed by atoms with Gasteiger partial charge in [-0.1, -0.05) is 155 Å². The predicted molar refractivity (Wildman–Crippen MR) is 322 cm³/mol. The summed E-state index contributed by atoms with van der Waals surface area (Å²) in [5, 5.41) is 2.63. The SMILES string of the molecule is Cc1cc2c3c(c1)N(c1cccc4c1sc1cc(C(C)(C)C)ccc14)c1cc(N(c4ccccc4)c4ccccc4)ccc1B3c1cc3c(cc1N2c1ccc2c(c1)C(C)(C)CCC2(C)C)C(C)(C)CCC3(C)C. The number of hydrogen-bond acceptors (Lipinski definition) is 4. The van der Waals surface area contributed by atoms with Gasteiger partial charge in [-0.05, 0) is 188 Å². The van der Waals surface area contributed by atoms with Gasteiger partial charge in [0.25, 0.3) is 6.71 Å². The van der Waals surface area contributed by atoms with Crippen LogP contribution in [0.25, 0.3) is 20.2 Å². The lowest BCUT2D eigenvalue weighted by Crippen LogP contribution is -2.62. The summed E-state index contributed by atoms with van der Waals surface area (Å²) in [6, 6.07) is 61.3. The standard InChI is InChI=1S/C69H70BN3S/c1-43-36-60-63-61(37-43)73(57-25-19-24-50-49-29-26-44(65(2,3)4)38-62(49)74-64(50)57)58-40-48(71(45-20-15-13-16-21-45)46-22-17-14-18-23-46)28-31-55(58)70(63)56-41-53-54(69(11,12)35-34-68(53,9)10)42-59(56)72(60)47-27-30-51-52(39-47)67(7,8)33-32-66(51,5)6/h13-31,36-42H,32-35H2,1-12H3. The van der Waals surface area contributed by atoms with Crippen LogP contribution in [0.5, 0.6) is 0 Å². The van der Waals surface area contributed by atoms with Gasteiger partial charge in [-0.15, -0.1) is 11.3 Å². The van der Waals surface area contributed by atoms with E-state index in [0.29, 0.717) is 0 Å². The van der Waals surface area contributed by atoms with Gasteiger partial charge < -0.3 is 14.7 Å². The zero-order chi connectivity index (χ0) is 51.4. The highest BCUT2D eigenvalue weighted by atomic mass is 32.1. The molecule has 0 spiro atoms.